The van der Waals surface area contributed by atoms with E-state index in [0.717, 1.165) is 23.9 Å². The smallest absolute Gasteiger partial charge is 0.116 e. The maximum absolute atomic E-state index is 9.91. The zero-order valence-electron chi connectivity index (χ0n) is 13.4. The molecule has 6 heterocycles. The maximum atomic E-state index is 9.91. The third-order valence-electron chi connectivity index (χ3n) is 6.35. The number of aromatic nitrogens is 1. The third kappa shape index (κ3) is 1.82. The highest BCUT2D eigenvalue weighted by atomic mass is 16.5. The molecule has 2 aromatic rings. The van der Waals surface area contributed by atoms with Crippen LogP contribution in [0.25, 0.3) is 10.9 Å². The Labute approximate surface area is 136 Å². The molecule has 0 spiro atoms. The van der Waals surface area contributed by atoms with Crippen molar-refractivity contribution in [3.8, 4) is 5.75 Å². The molecule has 0 aliphatic carbocycles. The number of piperidine rings is 3. The van der Waals surface area contributed by atoms with Crippen molar-refractivity contribution < 1.29 is 9.84 Å². The van der Waals surface area contributed by atoms with Crippen molar-refractivity contribution >= 4 is 10.9 Å². The van der Waals surface area contributed by atoms with Gasteiger partial charge in [-0.15, -0.1) is 0 Å². The average molecular weight is 310 g/mol. The Morgan fingerprint density at radius 3 is 3.09 bits per heavy atom. The lowest BCUT2D eigenvalue weighted by Gasteiger charge is -2.64. The van der Waals surface area contributed by atoms with Crippen LogP contribution in [-0.4, -0.2) is 39.7 Å². The minimum absolute atomic E-state index is 0.0179. The van der Waals surface area contributed by atoms with Crippen LogP contribution < -0.4 is 0 Å². The molecule has 5 aliphatic heterocycles. The van der Waals surface area contributed by atoms with Crippen LogP contribution in [0, 0.1) is 5.92 Å². The number of benzene rings is 1. The quantitative estimate of drug-likeness (QED) is 0.925. The number of pyridine rings is 1. The number of aromatic hydroxyl groups is 1. The maximum Gasteiger partial charge on any atom is 0.116 e. The van der Waals surface area contributed by atoms with E-state index >= 15 is 0 Å². The summed E-state index contributed by atoms with van der Waals surface area (Å²) in [6.45, 7) is 4.55. The van der Waals surface area contributed by atoms with Crippen molar-refractivity contribution in [2.75, 3.05) is 13.1 Å². The van der Waals surface area contributed by atoms with E-state index in [9.17, 15) is 5.11 Å². The first kappa shape index (κ1) is 13.8. The molecule has 0 radical (unpaired) electrons. The molecule has 4 bridgehead atoms. The first-order valence-electron chi connectivity index (χ1n) is 8.70. The summed E-state index contributed by atoms with van der Waals surface area (Å²) >= 11 is 0. The van der Waals surface area contributed by atoms with E-state index in [2.05, 4.69) is 22.9 Å². The minimum Gasteiger partial charge on any atom is -0.508 e. The number of phenols is 1. The molecular weight excluding hydrogens is 288 g/mol. The molecule has 0 saturated carbocycles. The predicted octanol–water partition coefficient (Wildman–Crippen LogP) is 3.25. The molecule has 4 heteroatoms. The molecule has 4 nitrogen and oxygen atoms in total. The van der Waals surface area contributed by atoms with Gasteiger partial charge in [0.2, 0.25) is 0 Å². The molecule has 1 aromatic carbocycles. The van der Waals surface area contributed by atoms with Gasteiger partial charge in [0.25, 0.3) is 0 Å². The first-order chi connectivity index (χ1) is 11.2. The second kappa shape index (κ2) is 4.68. The Hall–Kier alpha value is -1.65. The number of hydrogen-bond donors (Lipinski definition) is 1. The zero-order valence-corrected chi connectivity index (χ0v) is 13.4. The summed E-state index contributed by atoms with van der Waals surface area (Å²) in [6.07, 6.45) is 5.54. The molecule has 0 amide bonds. The van der Waals surface area contributed by atoms with Crippen molar-refractivity contribution in [1.82, 2.24) is 9.88 Å². The molecule has 5 fully saturated rings. The van der Waals surface area contributed by atoms with Crippen LogP contribution in [0.2, 0.25) is 0 Å². The third-order valence-corrected chi connectivity index (χ3v) is 6.35. The second-order valence-electron chi connectivity index (χ2n) is 7.32. The van der Waals surface area contributed by atoms with Crippen LogP contribution in [0.1, 0.15) is 37.9 Å². The van der Waals surface area contributed by atoms with E-state index in [-0.39, 0.29) is 11.7 Å². The number of hydrogen-bond acceptors (Lipinski definition) is 4. The van der Waals surface area contributed by atoms with Gasteiger partial charge in [-0.2, -0.15) is 0 Å². The Kier molecular flexibility index (Phi) is 2.80. The van der Waals surface area contributed by atoms with Crippen LogP contribution >= 0.6 is 0 Å². The molecule has 5 atom stereocenters. The normalized spacial score (nSPS) is 38.3. The molecule has 120 valence electrons. The molecule has 1 N–H and O–H groups in total. The van der Waals surface area contributed by atoms with Gasteiger partial charge in [0.1, 0.15) is 5.75 Å². The fraction of sp³-hybridized carbons (Fsp3) is 0.526. The second-order valence-corrected chi connectivity index (χ2v) is 7.32. The fourth-order valence-corrected chi connectivity index (χ4v) is 5.13. The molecule has 3 unspecified atom stereocenters. The molecule has 7 rings (SSSR count). The van der Waals surface area contributed by atoms with Gasteiger partial charge in [0.15, 0.2) is 0 Å². The zero-order chi connectivity index (χ0) is 15.6. The number of fused-ring (bicyclic) bond motifs is 3. The summed E-state index contributed by atoms with van der Waals surface area (Å²) in [5, 5.41) is 10.9. The van der Waals surface area contributed by atoms with Gasteiger partial charge in [-0.1, -0.05) is 6.92 Å². The summed E-state index contributed by atoms with van der Waals surface area (Å²) in [7, 11) is 0. The van der Waals surface area contributed by atoms with Gasteiger partial charge >= 0.3 is 0 Å². The van der Waals surface area contributed by atoms with Crippen LogP contribution in [0.15, 0.2) is 30.5 Å². The minimum atomic E-state index is 0.0179. The van der Waals surface area contributed by atoms with Crippen LogP contribution in [-0.2, 0) is 4.74 Å². The number of ether oxygens (including phenoxy) is 1. The lowest BCUT2D eigenvalue weighted by atomic mass is 9.66. The van der Waals surface area contributed by atoms with Crippen LogP contribution in [0.3, 0.4) is 0 Å². The predicted molar refractivity (Wildman–Crippen MR) is 88.3 cm³/mol. The van der Waals surface area contributed by atoms with E-state index in [1.54, 1.807) is 6.07 Å². The highest BCUT2D eigenvalue weighted by Crippen LogP contribution is 2.54. The molecule has 5 saturated heterocycles. The summed E-state index contributed by atoms with van der Waals surface area (Å²) in [6, 6.07) is 7.96. The number of phenolic OH excluding ortho intramolecular Hbond substituents is 1. The topological polar surface area (TPSA) is 45.6 Å². The van der Waals surface area contributed by atoms with E-state index in [4.69, 9.17) is 4.74 Å². The van der Waals surface area contributed by atoms with E-state index < -0.39 is 0 Å². The lowest BCUT2D eigenvalue weighted by molar-refractivity contribution is -0.274. The molecule has 23 heavy (non-hydrogen) atoms. The number of morpholine rings is 1. The largest absolute Gasteiger partial charge is 0.508 e. The van der Waals surface area contributed by atoms with Crippen LogP contribution in [0.5, 0.6) is 5.75 Å². The number of rotatable bonds is 2. The van der Waals surface area contributed by atoms with Gasteiger partial charge in [-0.05, 0) is 61.6 Å². The van der Waals surface area contributed by atoms with E-state index in [1.165, 1.54) is 24.9 Å². The van der Waals surface area contributed by atoms with Crippen molar-refractivity contribution in [1.29, 1.82) is 0 Å². The number of nitrogens with zero attached hydrogens (tertiary/aromatic N) is 2. The summed E-state index contributed by atoms with van der Waals surface area (Å²) < 4.78 is 6.74. The first-order valence-corrected chi connectivity index (χ1v) is 8.70. The standard InChI is InChI=1S/C19H22N2O2/c1-2-19-11-21-8-6-12(19)9-17(21)18(23-19)14-5-7-20-16-4-3-13(22)10-15(14)16/h3-5,7,10,12,17-18,22H,2,6,8-9,11H2,1H3/t12?,17?,18-,19-/m1/s1. The summed E-state index contributed by atoms with van der Waals surface area (Å²) in [5.41, 5.74) is 2.12. The Morgan fingerprint density at radius 2 is 2.30 bits per heavy atom. The van der Waals surface area contributed by atoms with Gasteiger partial charge in [-0.3, -0.25) is 9.88 Å². The highest BCUT2D eigenvalue weighted by Gasteiger charge is 2.58. The van der Waals surface area contributed by atoms with Crippen molar-refractivity contribution in [2.24, 2.45) is 5.92 Å². The van der Waals surface area contributed by atoms with Gasteiger partial charge in [-0.25, -0.2) is 0 Å². The monoisotopic (exact) mass is 310 g/mol. The van der Waals surface area contributed by atoms with Crippen molar-refractivity contribution in [3.05, 3.63) is 36.0 Å². The Balaban J connectivity index is 1.64. The lowest BCUT2D eigenvalue weighted by Crippen LogP contribution is -2.70. The molecule has 5 aliphatic rings. The summed E-state index contributed by atoms with van der Waals surface area (Å²) in [5.74, 6) is 1.00. The van der Waals surface area contributed by atoms with Gasteiger partial charge in [0, 0.05) is 24.2 Å². The van der Waals surface area contributed by atoms with Crippen molar-refractivity contribution in [2.45, 2.75) is 43.9 Å². The van der Waals surface area contributed by atoms with Gasteiger partial charge < -0.3 is 9.84 Å². The Morgan fingerprint density at radius 1 is 1.39 bits per heavy atom. The van der Waals surface area contributed by atoms with Gasteiger partial charge in [0.05, 0.1) is 17.2 Å². The Bertz CT molecular complexity index is 777. The summed E-state index contributed by atoms with van der Waals surface area (Å²) in [4.78, 5) is 7.08. The SMILES string of the molecule is CC[C@@]12CN3CCC1CC3[C@@H](c1ccnc3ccc(O)cc13)O2. The van der Waals surface area contributed by atoms with Crippen molar-refractivity contribution in [3.63, 3.8) is 0 Å². The molecule has 1 aromatic heterocycles. The average Bonchev–Trinajstić information content (AvgIpc) is 2.61. The van der Waals surface area contributed by atoms with E-state index in [0.29, 0.717) is 17.7 Å². The van der Waals surface area contributed by atoms with Crippen LogP contribution in [0.4, 0.5) is 0 Å². The highest BCUT2D eigenvalue weighted by molar-refractivity contribution is 5.83. The molecular formula is C19H22N2O2. The van der Waals surface area contributed by atoms with E-state index in [1.807, 2.05) is 18.3 Å². The fourth-order valence-electron chi connectivity index (χ4n) is 5.13.